The van der Waals surface area contributed by atoms with Crippen LogP contribution in [0.5, 0.6) is 0 Å². The smallest absolute Gasteiger partial charge is 0.237 e. The van der Waals surface area contributed by atoms with Crippen molar-refractivity contribution in [3.05, 3.63) is 65.0 Å². The number of aryl methyl sites for hydroxylation is 3. The van der Waals surface area contributed by atoms with Gasteiger partial charge in [0.05, 0.1) is 0 Å². The van der Waals surface area contributed by atoms with Gasteiger partial charge in [-0.2, -0.15) is 4.57 Å². The molecular formula is C19H22N2OS. The van der Waals surface area contributed by atoms with Crippen molar-refractivity contribution >= 4 is 23.5 Å². The summed E-state index contributed by atoms with van der Waals surface area (Å²) in [6, 6.07) is 9.10. The highest BCUT2D eigenvalue weighted by atomic mass is 32.1. The summed E-state index contributed by atoms with van der Waals surface area (Å²) in [7, 11) is 0. The lowest BCUT2D eigenvalue weighted by Crippen LogP contribution is -2.48. The van der Waals surface area contributed by atoms with Crippen LogP contribution in [0, 0.1) is 20.8 Å². The van der Waals surface area contributed by atoms with Gasteiger partial charge in [-0.15, -0.1) is 0 Å². The van der Waals surface area contributed by atoms with Gasteiger partial charge in [-0.3, -0.25) is 4.79 Å². The molecule has 4 heteroatoms. The molecule has 1 atom stereocenters. The number of aliphatic imine (C=N–C) groups is 1. The molecule has 23 heavy (non-hydrogen) atoms. The number of carbonyl (C=O) groups excluding carboxylic acids is 1. The topological polar surface area (TPSA) is 33.3 Å². The van der Waals surface area contributed by atoms with Gasteiger partial charge < -0.3 is 17.6 Å². The third-order valence-electron chi connectivity index (χ3n) is 3.86. The van der Waals surface area contributed by atoms with Crippen LogP contribution < -0.4 is 4.57 Å². The number of ketones is 1. The van der Waals surface area contributed by atoms with E-state index < -0.39 is 6.04 Å². The molecule has 0 aliphatic carbocycles. The highest BCUT2D eigenvalue weighted by molar-refractivity contribution is 7.77. The van der Waals surface area contributed by atoms with Crippen LogP contribution in [0.3, 0.4) is 0 Å². The Balaban J connectivity index is 2.50. The number of hydrogen-bond acceptors (Lipinski definition) is 3. The van der Waals surface area contributed by atoms with E-state index >= 15 is 0 Å². The highest BCUT2D eigenvalue weighted by Gasteiger charge is 2.28. The Kier molecular flexibility index (Phi) is 5.61. The molecule has 0 aliphatic rings. The Morgan fingerprint density at radius 2 is 1.96 bits per heavy atom. The standard InChI is InChI=1S/C19H22N2OS/c1-5-20-19(23)17(21-10-6-7-13(2)12-21)18(22)16-9-8-14(3)15(4)11-16/h6-12,17H,5H2,1-4H3. The van der Waals surface area contributed by atoms with Crippen molar-refractivity contribution in [2.75, 3.05) is 6.54 Å². The van der Waals surface area contributed by atoms with Crippen LogP contribution in [0.25, 0.3) is 0 Å². The number of benzene rings is 1. The van der Waals surface area contributed by atoms with Crippen LogP contribution in [0.1, 0.15) is 40.0 Å². The van der Waals surface area contributed by atoms with Crippen molar-refractivity contribution in [3.63, 3.8) is 0 Å². The summed E-state index contributed by atoms with van der Waals surface area (Å²) < 4.78 is 1.86. The minimum atomic E-state index is -0.577. The van der Waals surface area contributed by atoms with Crippen LogP contribution in [-0.4, -0.2) is 17.4 Å². The van der Waals surface area contributed by atoms with Gasteiger partial charge in [-0.05, 0) is 56.0 Å². The molecule has 0 saturated heterocycles. The second kappa shape index (κ2) is 7.47. The summed E-state index contributed by atoms with van der Waals surface area (Å²) in [5.74, 6) is -0.0223. The van der Waals surface area contributed by atoms with Crippen molar-refractivity contribution in [2.24, 2.45) is 4.99 Å². The molecule has 0 aliphatic heterocycles. The van der Waals surface area contributed by atoms with E-state index in [1.54, 1.807) is 0 Å². The maximum absolute atomic E-state index is 13.1. The van der Waals surface area contributed by atoms with Crippen LogP contribution in [0.15, 0.2) is 47.7 Å². The van der Waals surface area contributed by atoms with E-state index in [9.17, 15) is 4.79 Å². The molecule has 1 heterocycles. The number of pyridine rings is 1. The highest BCUT2D eigenvalue weighted by Crippen LogP contribution is 2.16. The Hall–Kier alpha value is -2.07. The lowest BCUT2D eigenvalue weighted by Gasteiger charge is -2.19. The zero-order chi connectivity index (χ0) is 17.0. The number of nitrogens with zero attached hydrogens (tertiary/aromatic N) is 2. The molecule has 120 valence electrons. The van der Waals surface area contributed by atoms with E-state index in [4.69, 9.17) is 12.6 Å². The largest absolute Gasteiger partial charge is 0.758 e. The van der Waals surface area contributed by atoms with Crippen LogP contribution >= 0.6 is 0 Å². The van der Waals surface area contributed by atoms with Crippen molar-refractivity contribution in [1.29, 1.82) is 0 Å². The maximum Gasteiger partial charge on any atom is 0.237 e. The average molecular weight is 326 g/mol. The molecular weight excluding hydrogens is 304 g/mol. The van der Waals surface area contributed by atoms with Crippen molar-refractivity contribution in [1.82, 2.24) is 0 Å². The molecule has 3 nitrogen and oxygen atoms in total. The molecule has 2 aromatic rings. The lowest BCUT2D eigenvalue weighted by molar-refractivity contribution is -0.692. The monoisotopic (exact) mass is 326 g/mol. The predicted molar refractivity (Wildman–Crippen MR) is 96.0 cm³/mol. The van der Waals surface area contributed by atoms with E-state index in [0.29, 0.717) is 17.2 Å². The lowest BCUT2D eigenvalue weighted by atomic mass is 9.99. The summed E-state index contributed by atoms with van der Waals surface area (Å²) in [6.07, 6.45) is 3.80. The Labute approximate surface area is 143 Å². The van der Waals surface area contributed by atoms with Gasteiger partial charge in [0, 0.05) is 23.7 Å². The van der Waals surface area contributed by atoms with Gasteiger partial charge in [0.2, 0.25) is 11.8 Å². The van der Waals surface area contributed by atoms with Gasteiger partial charge in [-0.25, -0.2) is 0 Å². The molecule has 2 rings (SSSR count). The average Bonchev–Trinajstić information content (AvgIpc) is 2.50. The second-order valence-electron chi connectivity index (χ2n) is 5.71. The van der Waals surface area contributed by atoms with E-state index in [2.05, 4.69) is 4.99 Å². The summed E-state index contributed by atoms with van der Waals surface area (Å²) in [5, 5.41) is 0.423. The first kappa shape index (κ1) is 17.3. The summed E-state index contributed by atoms with van der Waals surface area (Å²) in [4.78, 5) is 17.4. The van der Waals surface area contributed by atoms with Crippen molar-refractivity contribution in [2.45, 2.75) is 33.7 Å². The zero-order valence-corrected chi connectivity index (χ0v) is 14.9. The fourth-order valence-corrected chi connectivity index (χ4v) is 2.80. The van der Waals surface area contributed by atoms with E-state index in [1.165, 1.54) is 5.56 Å². The van der Waals surface area contributed by atoms with E-state index in [0.717, 1.165) is 11.1 Å². The minimum Gasteiger partial charge on any atom is -0.758 e. The Morgan fingerprint density at radius 1 is 1.22 bits per heavy atom. The van der Waals surface area contributed by atoms with Gasteiger partial charge in [-0.1, -0.05) is 12.1 Å². The summed E-state index contributed by atoms with van der Waals surface area (Å²) in [6.45, 7) is 8.53. The molecule has 0 amide bonds. The fraction of sp³-hybridized carbons (Fsp3) is 0.316. The molecule has 0 N–H and O–H groups in total. The van der Waals surface area contributed by atoms with Gasteiger partial charge in [0.1, 0.15) is 0 Å². The predicted octanol–water partition coefficient (Wildman–Crippen LogP) is 3.29. The van der Waals surface area contributed by atoms with Crippen molar-refractivity contribution in [3.8, 4) is 0 Å². The molecule has 0 radical (unpaired) electrons. The van der Waals surface area contributed by atoms with Gasteiger partial charge in [0.25, 0.3) is 0 Å². The van der Waals surface area contributed by atoms with Crippen LogP contribution in [0.2, 0.25) is 0 Å². The number of aromatic nitrogens is 1. The maximum atomic E-state index is 13.1. The number of carbonyl (C=O) groups is 1. The third-order valence-corrected chi connectivity index (χ3v) is 4.21. The zero-order valence-electron chi connectivity index (χ0n) is 14.0. The first-order valence-corrected chi connectivity index (χ1v) is 8.15. The van der Waals surface area contributed by atoms with Gasteiger partial charge >= 0.3 is 0 Å². The Morgan fingerprint density at radius 3 is 2.57 bits per heavy atom. The van der Waals surface area contributed by atoms with E-state index in [-0.39, 0.29) is 5.78 Å². The summed E-state index contributed by atoms with van der Waals surface area (Å²) >= 11 is 5.43. The third kappa shape index (κ3) is 4.02. The number of Topliss-reactive ketones (excluding diaryl/α,β-unsaturated/α-hetero) is 1. The molecule has 0 fully saturated rings. The fourth-order valence-electron chi connectivity index (χ4n) is 2.45. The van der Waals surface area contributed by atoms with Crippen LogP contribution in [-0.2, 0) is 12.6 Å². The Bertz CT molecular complexity index is 753. The molecule has 1 unspecified atom stereocenters. The number of hydrogen-bond donors (Lipinski definition) is 0. The summed E-state index contributed by atoms with van der Waals surface area (Å²) in [5.41, 5.74) is 4.01. The quantitative estimate of drug-likeness (QED) is 0.278. The SMILES string of the molecule is CCN=C([S-])C(C(=O)c1ccc(C)c(C)c1)[n+]1cccc(C)c1. The molecule has 0 bridgehead atoms. The van der Waals surface area contributed by atoms with E-state index in [1.807, 2.05) is 75.0 Å². The van der Waals surface area contributed by atoms with Gasteiger partial charge in [0.15, 0.2) is 12.4 Å². The molecule has 0 spiro atoms. The molecule has 1 aromatic carbocycles. The number of rotatable bonds is 5. The molecule has 0 saturated carbocycles. The first-order chi connectivity index (χ1) is 10.9. The van der Waals surface area contributed by atoms with Crippen LogP contribution in [0.4, 0.5) is 0 Å². The van der Waals surface area contributed by atoms with Crippen molar-refractivity contribution < 1.29 is 9.36 Å². The molecule has 1 aromatic heterocycles. The minimum absolute atomic E-state index is 0.0223. The normalized spacial score (nSPS) is 13.0. The second-order valence-corrected chi connectivity index (χ2v) is 6.13. The first-order valence-electron chi connectivity index (χ1n) is 7.74.